The van der Waals surface area contributed by atoms with Crippen LogP contribution in [0, 0.1) is 0 Å². The predicted octanol–water partition coefficient (Wildman–Crippen LogP) is 3.67. The standard InChI is InChI=1S/C20H20N4O.C2HF3O2/c1-23-16-6-4-3-5-15(16)19-17(23)13-18(24(19)2)20(25)22-12-9-14-7-10-21-11-8-14;3-2(4,5)1(6)7/h3-8,10-11,13H,9,12H2,1-2H3,(H,22,25);(H,6,7). The predicted molar refractivity (Wildman–Crippen MR) is 113 cm³/mol. The summed E-state index contributed by atoms with van der Waals surface area (Å²) in [6, 6.07) is 14.2. The SMILES string of the molecule is Cn1c(C(=O)NCCc2ccncc2)cc2c1c1ccccc1n2C.O=C(O)C(F)(F)F. The molecule has 0 unspecified atom stereocenters. The Morgan fingerprint density at radius 2 is 1.66 bits per heavy atom. The molecular formula is C22H21F3N4O3. The number of carboxylic acid groups (broad SMARTS) is 1. The second kappa shape index (κ2) is 9.13. The number of rotatable bonds is 4. The quantitative estimate of drug-likeness (QED) is 0.501. The number of aromatic nitrogens is 3. The number of pyridine rings is 1. The van der Waals surface area contributed by atoms with Gasteiger partial charge in [0, 0.05) is 38.4 Å². The van der Waals surface area contributed by atoms with Gasteiger partial charge in [0.2, 0.25) is 0 Å². The summed E-state index contributed by atoms with van der Waals surface area (Å²) in [7, 11) is 3.99. The molecule has 0 bridgehead atoms. The Balaban J connectivity index is 0.000000360. The lowest BCUT2D eigenvalue weighted by Gasteiger charge is -2.07. The number of nitrogens with zero attached hydrogens (tertiary/aromatic N) is 3. The number of halogens is 3. The van der Waals surface area contributed by atoms with Crippen molar-refractivity contribution in [2.24, 2.45) is 14.1 Å². The van der Waals surface area contributed by atoms with Crippen LogP contribution in [0.25, 0.3) is 21.9 Å². The van der Waals surface area contributed by atoms with E-state index in [4.69, 9.17) is 9.90 Å². The minimum absolute atomic E-state index is 0.0446. The molecule has 1 aromatic carbocycles. The van der Waals surface area contributed by atoms with E-state index in [-0.39, 0.29) is 5.91 Å². The van der Waals surface area contributed by atoms with E-state index < -0.39 is 12.1 Å². The van der Waals surface area contributed by atoms with Gasteiger partial charge in [-0.2, -0.15) is 13.2 Å². The van der Waals surface area contributed by atoms with Crippen LogP contribution in [0.5, 0.6) is 0 Å². The molecule has 0 aliphatic rings. The number of nitrogens with one attached hydrogen (secondary N) is 1. The van der Waals surface area contributed by atoms with Crippen LogP contribution in [0.15, 0.2) is 54.9 Å². The Kier molecular flexibility index (Phi) is 6.52. The Morgan fingerprint density at radius 3 is 2.28 bits per heavy atom. The fraction of sp³-hybridized carbons (Fsp3) is 0.227. The van der Waals surface area contributed by atoms with Crippen molar-refractivity contribution in [1.29, 1.82) is 0 Å². The summed E-state index contributed by atoms with van der Waals surface area (Å²) in [5.74, 6) is -2.80. The van der Waals surface area contributed by atoms with Crippen LogP contribution in [-0.2, 0) is 25.3 Å². The Hall–Kier alpha value is -3.82. The van der Waals surface area contributed by atoms with Crippen LogP contribution in [0.2, 0.25) is 0 Å². The van der Waals surface area contributed by atoms with Crippen LogP contribution in [0.3, 0.4) is 0 Å². The first-order chi connectivity index (χ1) is 15.1. The third-order valence-corrected chi connectivity index (χ3v) is 5.02. The number of carbonyl (C=O) groups is 2. The van der Waals surface area contributed by atoms with Crippen LogP contribution in [0.4, 0.5) is 13.2 Å². The summed E-state index contributed by atoms with van der Waals surface area (Å²) in [5.41, 5.74) is 5.19. The second-order valence-electron chi connectivity index (χ2n) is 7.06. The molecule has 0 radical (unpaired) electrons. The maximum Gasteiger partial charge on any atom is 0.490 e. The topological polar surface area (TPSA) is 89.2 Å². The lowest BCUT2D eigenvalue weighted by molar-refractivity contribution is -0.192. The summed E-state index contributed by atoms with van der Waals surface area (Å²) in [4.78, 5) is 25.5. The van der Waals surface area contributed by atoms with E-state index in [1.807, 2.05) is 49.0 Å². The highest BCUT2D eigenvalue weighted by Crippen LogP contribution is 2.30. The van der Waals surface area contributed by atoms with E-state index in [0.717, 1.165) is 17.5 Å². The fourth-order valence-electron chi connectivity index (χ4n) is 3.44. The Morgan fingerprint density at radius 1 is 1.03 bits per heavy atom. The summed E-state index contributed by atoms with van der Waals surface area (Å²) in [6.45, 7) is 0.602. The molecule has 1 amide bonds. The van der Waals surface area contributed by atoms with Crippen molar-refractivity contribution in [1.82, 2.24) is 19.4 Å². The zero-order valence-electron chi connectivity index (χ0n) is 17.3. The largest absolute Gasteiger partial charge is 0.490 e. The molecule has 0 spiro atoms. The molecule has 3 heterocycles. The van der Waals surface area contributed by atoms with E-state index in [1.54, 1.807) is 12.4 Å². The first kappa shape index (κ1) is 22.9. The van der Waals surface area contributed by atoms with Gasteiger partial charge in [-0.1, -0.05) is 18.2 Å². The van der Waals surface area contributed by atoms with Gasteiger partial charge in [0.25, 0.3) is 5.91 Å². The number of hydrogen-bond donors (Lipinski definition) is 2. The van der Waals surface area contributed by atoms with Gasteiger partial charge in [-0.05, 0) is 36.2 Å². The number of aliphatic carboxylic acids is 1. The highest BCUT2D eigenvalue weighted by molar-refractivity contribution is 6.10. The van der Waals surface area contributed by atoms with E-state index >= 15 is 0 Å². The van der Waals surface area contributed by atoms with Crippen molar-refractivity contribution in [3.05, 3.63) is 66.1 Å². The summed E-state index contributed by atoms with van der Waals surface area (Å²) in [6.07, 6.45) is -0.751. The number of carbonyl (C=O) groups excluding carboxylic acids is 1. The molecule has 0 atom stereocenters. The molecule has 7 nitrogen and oxygen atoms in total. The molecule has 32 heavy (non-hydrogen) atoms. The van der Waals surface area contributed by atoms with Crippen molar-refractivity contribution in [2.45, 2.75) is 12.6 Å². The van der Waals surface area contributed by atoms with Gasteiger partial charge in [-0.3, -0.25) is 9.78 Å². The monoisotopic (exact) mass is 446 g/mol. The van der Waals surface area contributed by atoms with Gasteiger partial charge in [0.05, 0.1) is 16.6 Å². The van der Waals surface area contributed by atoms with Crippen molar-refractivity contribution in [3.8, 4) is 0 Å². The Labute approximate surface area is 181 Å². The minimum Gasteiger partial charge on any atom is -0.475 e. The van der Waals surface area contributed by atoms with Gasteiger partial charge in [-0.15, -0.1) is 0 Å². The highest BCUT2D eigenvalue weighted by Gasteiger charge is 2.38. The molecule has 4 aromatic rings. The average molecular weight is 446 g/mol. The molecule has 10 heteroatoms. The molecule has 0 saturated heterocycles. The molecule has 0 saturated carbocycles. The van der Waals surface area contributed by atoms with E-state index in [0.29, 0.717) is 12.2 Å². The third kappa shape index (κ3) is 4.74. The molecule has 0 aliphatic heterocycles. The fourth-order valence-corrected chi connectivity index (χ4v) is 3.44. The zero-order valence-corrected chi connectivity index (χ0v) is 17.3. The second-order valence-corrected chi connectivity index (χ2v) is 7.06. The van der Waals surface area contributed by atoms with Crippen LogP contribution < -0.4 is 5.32 Å². The maximum absolute atomic E-state index is 12.6. The van der Waals surface area contributed by atoms with Crippen molar-refractivity contribution < 1.29 is 27.9 Å². The summed E-state index contributed by atoms with van der Waals surface area (Å²) < 4.78 is 35.9. The molecule has 2 N–H and O–H groups in total. The molecule has 0 fully saturated rings. The number of fused-ring (bicyclic) bond motifs is 3. The Bertz CT molecular complexity index is 1260. The van der Waals surface area contributed by atoms with Crippen molar-refractivity contribution >= 4 is 33.8 Å². The summed E-state index contributed by atoms with van der Waals surface area (Å²) in [5, 5.41) is 11.3. The molecule has 0 aliphatic carbocycles. The van der Waals surface area contributed by atoms with Crippen LogP contribution >= 0.6 is 0 Å². The van der Waals surface area contributed by atoms with Crippen molar-refractivity contribution in [2.75, 3.05) is 6.54 Å². The van der Waals surface area contributed by atoms with Crippen molar-refractivity contribution in [3.63, 3.8) is 0 Å². The highest BCUT2D eigenvalue weighted by atomic mass is 19.4. The minimum atomic E-state index is -5.08. The normalized spacial score (nSPS) is 11.3. The average Bonchev–Trinajstić information content (AvgIpc) is 3.24. The lowest BCUT2D eigenvalue weighted by Crippen LogP contribution is -2.27. The summed E-state index contributed by atoms with van der Waals surface area (Å²) >= 11 is 0. The number of aryl methyl sites for hydroxylation is 2. The number of benzene rings is 1. The zero-order chi connectivity index (χ0) is 23.5. The van der Waals surface area contributed by atoms with Gasteiger partial charge in [0.15, 0.2) is 0 Å². The molecular weight excluding hydrogens is 425 g/mol. The first-order valence-electron chi connectivity index (χ1n) is 9.61. The smallest absolute Gasteiger partial charge is 0.475 e. The number of amides is 1. The van der Waals surface area contributed by atoms with E-state index in [9.17, 15) is 18.0 Å². The third-order valence-electron chi connectivity index (χ3n) is 5.02. The van der Waals surface area contributed by atoms with Gasteiger partial charge < -0.3 is 19.6 Å². The number of hydrogen-bond acceptors (Lipinski definition) is 3. The maximum atomic E-state index is 12.6. The molecule has 4 rings (SSSR count). The number of alkyl halides is 3. The number of carboxylic acids is 1. The molecule has 3 aromatic heterocycles. The van der Waals surface area contributed by atoms with Gasteiger partial charge >= 0.3 is 12.1 Å². The lowest BCUT2D eigenvalue weighted by atomic mass is 10.2. The number of para-hydroxylation sites is 1. The first-order valence-corrected chi connectivity index (χ1v) is 9.61. The van der Waals surface area contributed by atoms with Gasteiger partial charge in [-0.25, -0.2) is 4.79 Å². The molecule has 168 valence electrons. The van der Waals surface area contributed by atoms with Crippen LogP contribution in [0.1, 0.15) is 16.1 Å². The van der Waals surface area contributed by atoms with E-state index in [1.165, 1.54) is 16.5 Å². The van der Waals surface area contributed by atoms with Crippen LogP contribution in [-0.4, -0.2) is 43.8 Å². The van der Waals surface area contributed by atoms with E-state index in [2.05, 4.69) is 27.0 Å². The van der Waals surface area contributed by atoms with Gasteiger partial charge in [0.1, 0.15) is 5.69 Å².